The SMILES string of the molecule is CCN(C)C1=NC2(CCC34CC35CCC36C(CCC3(C(C)CCCC(C)C)C6C)C5CCC4C2)N=C(N)N1. The summed E-state index contributed by atoms with van der Waals surface area (Å²) in [6, 6.07) is 0. The molecule has 6 saturated carbocycles. The Morgan fingerprint density at radius 1 is 0.974 bits per heavy atom. The van der Waals surface area contributed by atoms with Crippen LogP contribution in [0.1, 0.15) is 118 Å². The van der Waals surface area contributed by atoms with E-state index in [1.54, 1.807) is 12.8 Å². The maximum Gasteiger partial charge on any atom is 0.202 e. The molecule has 0 aromatic carbocycles. The van der Waals surface area contributed by atoms with Crippen molar-refractivity contribution in [1.29, 1.82) is 0 Å². The van der Waals surface area contributed by atoms with E-state index >= 15 is 0 Å². The molecule has 7 aliphatic rings. The van der Waals surface area contributed by atoms with Crippen molar-refractivity contribution in [2.24, 2.45) is 72.9 Å². The highest BCUT2D eigenvalue weighted by Crippen LogP contribution is 2.93. The van der Waals surface area contributed by atoms with Crippen LogP contribution in [-0.4, -0.2) is 36.1 Å². The molecule has 0 radical (unpaired) electrons. The van der Waals surface area contributed by atoms with Gasteiger partial charge in [0.15, 0.2) is 11.6 Å². The van der Waals surface area contributed by atoms with Gasteiger partial charge in [-0.2, -0.15) is 0 Å². The second-order valence-corrected chi connectivity index (χ2v) is 15.8. The van der Waals surface area contributed by atoms with Crippen molar-refractivity contribution in [3.8, 4) is 0 Å². The molecule has 212 valence electrons. The lowest BCUT2D eigenvalue weighted by atomic mass is 9.51. The summed E-state index contributed by atoms with van der Waals surface area (Å²) in [6.07, 6.45) is 18.4. The zero-order valence-corrected chi connectivity index (χ0v) is 25.3. The average molecular weight is 522 g/mol. The molecule has 7 rings (SSSR count). The average Bonchev–Trinajstić information content (AvgIpc) is 3.63. The van der Waals surface area contributed by atoms with Gasteiger partial charge in [-0.3, -0.25) is 5.32 Å². The summed E-state index contributed by atoms with van der Waals surface area (Å²) < 4.78 is 0. The molecule has 6 aliphatic carbocycles. The summed E-state index contributed by atoms with van der Waals surface area (Å²) >= 11 is 0. The van der Waals surface area contributed by atoms with E-state index in [0.29, 0.717) is 27.6 Å². The first-order chi connectivity index (χ1) is 18.1. The van der Waals surface area contributed by atoms with Crippen molar-refractivity contribution < 1.29 is 0 Å². The van der Waals surface area contributed by atoms with Crippen molar-refractivity contribution in [2.75, 3.05) is 13.6 Å². The summed E-state index contributed by atoms with van der Waals surface area (Å²) in [5, 5.41) is 3.25. The maximum absolute atomic E-state index is 6.34. The summed E-state index contributed by atoms with van der Waals surface area (Å²) in [7, 11) is 2.10. The third-order valence-corrected chi connectivity index (χ3v) is 14.7. The Morgan fingerprint density at radius 3 is 2.53 bits per heavy atom. The van der Waals surface area contributed by atoms with Crippen LogP contribution in [0.25, 0.3) is 0 Å². The molecule has 10 unspecified atom stereocenters. The Labute approximate surface area is 232 Å². The van der Waals surface area contributed by atoms with Crippen LogP contribution >= 0.6 is 0 Å². The van der Waals surface area contributed by atoms with Crippen LogP contribution in [-0.2, 0) is 0 Å². The van der Waals surface area contributed by atoms with E-state index in [2.05, 4.69) is 51.9 Å². The predicted molar refractivity (Wildman–Crippen MR) is 157 cm³/mol. The smallest absolute Gasteiger partial charge is 0.202 e. The van der Waals surface area contributed by atoms with E-state index in [0.717, 1.165) is 60.9 Å². The maximum atomic E-state index is 6.34. The second kappa shape index (κ2) is 8.15. The van der Waals surface area contributed by atoms with Crippen LogP contribution in [0.2, 0.25) is 0 Å². The van der Waals surface area contributed by atoms with Gasteiger partial charge in [-0.25, -0.2) is 9.98 Å². The molecule has 1 aliphatic heterocycles. The van der Waals surface area contributed by atoms with Gasteiger partial charge in [-0.1, -0.05) is 47.0 Å². The fourth-order valence-electron chi connectivity index (χ4n) is 13.0. The molecule has 0 aromatic rings. The Morgan fingerprint density at radius 2 is 1.76 bits per heavy atom. The van der Waals surface area contributed by atoms with Crippen LogP contribution in [0.5, 0.6) is 0 Å². The molecule has 0 bridgehead atoms. The van der Waals surface area contributed by atoms with Gasteiger partial charge in [0.1, 0.15) is 0 Å². The van der Waals surface area contributed by atoms with Crippen LogP contribution in [0.15, 0.2) is 9.98 Å². The third kappa shape index (κ3) is 3.00. The Kier molecular flexibility index (Phi) is 5.51. The fourth-order valence-corrected chi connectivity index (χ4v) is 13.0. The number of fused-ring (bicyclic) bond motifs is 1. The number of hydrogen-bond donors (Lipinski definition) is 2. The molecule has 5 heteroatoms. The van der Waals surface area contributed by atoms with E-state index < -0.39 is 0 Å². The van der Waals surface area contributed by atoms with E-state index in [-0.39, 0.29) is 5.66 Å². The van der Waals surface area contributed by atoms with E-state index in [9.17, 15) is 0 Å². The Hall–Kier alpha value is -1.26. The molecule has 38 heavy (non-hydrogen) atoms. The van der Waals surface area contributed by atoms with Crippen LogP contribution < -0.4 is 11.1 Å². The summed E-state index contributed by atoms with van der Waals surface area (Å²) in [6.45, 7) is 13.2. The lowest BCUT2D eigenvalue weighted by Gasteiger charge is -2.54. The van der Waals surface area contributed by atoms with Gasteiger partial charge in [-0.05, 0) is 128 Å². The minimum Gasteiger partial charge on any atom is -0.370 e. The number of nitrogens with one attached hydrogen (secondary N) is 1. The summed E-state index contributed by atoms with van der Waals surface area (Å²) in [5.74, 6) is 7.03. The van der Waals surface area contributed by atoms with E-state index in [4.69, 9.17) is 15.7 Å². The van der Waals surface area contributed by atoms with Gasteiger partial charge in [0, 0.05) is 13.6 Å². The number of rotatable bonds is 6. The molecule has 3 N–H and O–H groups in total. The molecule has 4 spiro atoms. The van der Waals surface area contributed by atoms with Crippen LogP contribution in [0, 0.1) is 57.2 Å². The molecule has 10 atom stereocenters. The van der Waals surface area contributed by atoms with E-state index in [1.165, 1.54) is 57.8 Å². The number of nitrogens with two attached hydrogens (primary N) is 1. The summed E-state index contributed by atoms with van der Waals surface area (Å²) in [5.41, 5.74) is 8.65. The highest BCUT2D eigenvalue weighted by molar-refractivity contribution is 5.99. The lowest BCUT2D eigenvalue weighted by Crippen LogP contribution is -2.55. The van der Waals surface area contributed by atoms with Gasteiger partial charge in [-0.15, -0.1) is 0 Å². The standard InChI is InChI=1S/C33H55N5/c1-7-38(6)28-35-27(34)36-31(37-28)17-15-29-20-30(29)16-18-33-23(5)32(33,22(4)10-8-9-21(2)3)14-13-26(33)25(30)12-11-24(29)19-31/h21-26H,7-20H2,1-6H3,(H3,34,35,36,37). The molecule has 6 fully saturated rings. The first-order valence-corrected chi connectivity index (χ1v) is 16.5. The lowest BCUT2D eigenvalue weighted by molar-refractivity contribution is -0.0500. The minimum absolute atomic E-state index is 0.324. The molecule has 1 heterocycles. The van der Waals surface area contributed by atoms with Gasteiger partial charge in [0.05, 0.1) is 0 Å². The highest BCUT2D eigenvalue weighted by Gasteiger charge is 2.87. The van der Waals surface area contributed by atoms with Crippen molar-refractivity contribution >= 4 is 11.9 Å². The minimum atomic E-state index is -0.324. The largest absolute Gasteiger partial charge is 0.370 e. The quantitative estimate of drug-likeness (QED) is 0.405. The van der Waals surface area contributed by atoms with Crippen molar-refractivity contribution in [1.82, 2.24) is 10.2 Å². The number of nitrogens with zero attached hydrogens (tertiary/aromatic N) is 3. The highest BCUT2D eigenvalue weighted by atomic mass is 15.4. The first kappa shape index (κ1) is 25.7. The van der Waals surface area contributed by atoms with Gasteiger partial charge in [0.25, 0.3) is 0 Å². The predicted octanol–water partition coefficient (Wildman–Crippen LogP) is 6.78. The third-order valence-electron chi connectivity index (χ3n) is 14.7. The van der Waals surface area contributed by atoms with Gasteiger partial charge >= 0.3 is 0 Å². The topological polar surface area (TPSA) is 66.0 Å². The number of aliphatic imine (C=N–C) groups is 2. The Balaban J connectivity index is 1.10. The molecular formula is C33H55N5. The molecule has 0 aromatic heterocycles. The van der Waals surface area contributed by atoms with Crippen molar-refractivity contribution in [2.45, 2.75) is 124 Å². The van der Waals surface area contributed by atoms with Crippen LogP contribution in [0.4, 0.5) is 0 Å². The van der Waals surface area contributed by atoms with Gasteiger partial charge in [0.2, 0.25) is 5.96 Å². The molecule has 0 amide bonds. The zero-order valence-electron chi connectivity index (χ0n) is 25.3. The molecular weight excluding hydrogens is 466 g/mol. The Bertz CT molecular complexity index is 1050. The fraction of sp³-hybridized carbons (Fsp3) is 0.939. The van der Waals surface area contributed by atoms with Crippen molar-refractivity contribution in [3.05, 3.63) is 0 Å². The first-order valence-electron chi connectivity index (χ1n) is 16.5. The normalized spacial score (nSPS) is 50.5. The second-order valence-electron chi connectivity index (χ2n) is 15.8. The number of guanidine groups is 2. The molecule has 0 saturated heterocycles. The van der Waals surface area contributed by atoms with E-state index in [1.807, 2.05) is 0 Å². The molecule has 5 nitrogen and oxygen atoms in total. The zero-order chi connectivity index (χ0) is 26.7. The van der Waals surface area contributed by atoms with Crippen molar-refractivity contribution in [3.63, 3.8) is 0 Å². The monoisotopic (exact) mass is 521 g/mol. The van der Waals surface area contributed by atoms with Crippen LogP contribution in [0.3, 0.4) is 0 Å². The summed E-state index contributed by atoms with van der Waals surface area (Å²) in [4.78, 5) is 12.4. The number of hydrogen-bond acceptors (Lipinski definition) is 5. The van der Waals surface area contributed by atoms with Gasteiger partial charge < -0.3 is 10.6 Å².